The standard InChI is InChI=1S/C16H18N2O2/c17-9-10-18(12-13-5-2-1-3-6-13)16(20)14-7-4-8-15(19)11-14/h1-8,11,19H,9-10,12,17H2. The van der Waals surface area contributed by atoms with Crippen molar-refractivity contribution in [1.29, 1.82) is 0 Å². The van der Waals surface area contributed by atoms with Gasteiger partial charge in [-0.05, 0) is 23.8 Å². The monoisotopic (exact) mass is 270 g/mol. The molecule has 0 aliphatic carbocycles. The van der Waals surface area contributed by atoms with E-state index in [9.17, 15) is 9.90 Å². The summed E-state index contributed by atoms with van der Waals surface area (Å²) in [6.07, 6.45) is 0. The highest BCUT2D eigenvalue weighted by Gasteiger charge is 2.15. The molecule has 4 nitrogen and oxygen atoms in total. The number of amides is 1. The third-order valence-electron chi connectivity index (χ3n) is 3.00. The molecule has 0 aliphatic heterocycles. The molecule has 0 heterocycles. The van der Waals surface area contributed by atoms with Crippen LogP contribution in [0.5, 0.6) is 5.75 Å². The Kier molecular flexibility index (Phi) is 4.74. The first-order chi connectivity index (χ1) is 9.70. The third kappa shape index (κ3) is 3.59. The molecule has 3 N–H and O–H groups in total. The summed E-state index contributed by atoms with van der Waals surface area (Å²) in [7, 11) is 0. The summed E-state index contributed by atoms with van der Waals surface area (Å²) in [4.78, 5) is 14.1. The van der Waals surface area contributed by atoms with E-state index in [1.54, 1.807) is 23.1 Å². The molecule has 1 amide bonds. The summed E-state index contributed by atoms with van der Waals surface area (Å²) in [6.45, 7) is 1.38. The van der Waals surface area contributed by atoms with Gasteiger partial charge in [-0.3, -0.25) is 4.79 Å². The number of nitrogens with zero attached hydrogens (tertiary/aromatic N) is 1. The van der Waals surface area contributed by atoms with Crippen LogP contribution in [0.25, 0.3) is 0 Å². The molecule has 2 rings (SSSR count). The molecule has 0 atom stereocenters. The first-order valence-electron chi connectivity index (χ1n) is 6.53. The quantitative estimate of drug-likeness (QED) is 0.873. The molecule has 0 aliphatic rings. The Morgan fingerprint density at radius 1 is 1.10 bits per heavy atom. The van der Waals surface area contributed by atoms with E-state index in [2.05, 4.69) is 0 Å². The van der Waals surface area contributed by atoms with E-state index in [1.165, 1.54) is 6.07 Å². The molecule has 0 saturated heterocycles. The number of benzene rings is 2. The topological polar surface area (TPSA) is 66.6 Å². The fourth-order valence-corrected chi connectivity index (χ4v) is 2.03. The van der Waals surface area contributed by atoms with Crippen molar-refractivity contribution in [3.8, 4) is 5.75 Å². The van der Waals surface area contributed by atoms with Crippen molar-refractivity contribution in [2.24, 2.45) is 5.73 Å². The predicted molar refractivity (Wildman–Crippen MR) is 78.3 cm³/mol. The van der Waals surface area contributed by atoms with Crippen molar-refractivity contribution >= 4 is 5.91 Å². The lowest BCUT2D eigenvalue weighted by atomic mass is 10.1. The van der Waals surface area contributed by atoms with Crippen LogP contribution in [0.1, 0.15) is 15.9 Å². The van der Waals surface area contributed by atoms with Gasteiger partial charge in [0.25, 0.3) is 5.91 Å². The van der Waals surface area contributed by atoms with Gasteiger partial charge in [0.15, 0.2) is 0 Å². The largest absolute Gasteiger partial charge is 0.508 e. The average Bonchev–Trinajstić information content (AvgIpc) is 2.47. The molecule has 4 heteroatoms. The first kappa shape index (κ1) is 14.1. The van der Waals surface area contributed by atoms with Gasteiger partial charge in [0.1, 0.15) is 5.75 Å². The molecule has 0 radical (unpaired) electrons. The van der Waals surface area contributed by atoms with Gasteiger partial charge in [-0.25, -0.2) is 0 Å². The maximum absolute atomic E-state index is 12.5. The van der Waals surface area contributed by atoms with Crippen LogP contribution in [0.2, 0.25) is 0 Å². The van der Waals surface area contributed by atoms with Crippen molar-refractivity contribution in [3.63, 3.8) is 0 Å². The number of carbonyl (C=O) groups is 1. The highest BCUT2D eigenvalue weighted by atomic mass is 16.3. The molecule has 0 saturated carbocycles. The minimum atomic E-state index is -0.129. The van der Waals surface area contributed by atoms with Crippen LogP contribution in [0.4, 0.5) is 0 Å². The highest BCUT2D eigenvalue weighted by molar-refractivity contribution is 5.94. The van der Waals surface area contributed by atoms with Crippen molar-refractivity contribution in [2.75, 3.05) is 13.1 Å². The zero-order valence-corrected chi connectivity index (χ0v) is 11.2. The van der Waals surface area contributed by atoms with Crippen LogP contribution in [-0.2, 0) is 6.54 Å². The fourth-order valence-electron chi connectivity index (χ4n) is 2.03. The zero-order chi connectivity index (χ0) is 14.4. The minimum Gasteiger partial charge on any atom is -0.508 e. The number of nitrogens with two attached hydrogens (primary N) is 1. The maximum atomic E-state index is 12.5. The van der Waals surface area contributed by atoms with Gasteiger partial charge in [0.05, 0.1) is 0 Å². The molecule has 0 bridgehead atoms. The SMILES string of the molecule is NCCN(Cc1ccccc1)C(=O)c1cccc(O)c1. The van der Waals surface area contributed by atoms with E-state index in [4.69, 9.17) is 5.73 Å². The molecule has 0 unspecified atom stereocenters. The van der Waals surface area contributed by atoms with E-state index in [1.807, 2.05) is 30.3 Å². The molecular formula is C16H18N2O2. The number of hydrogen-bond acceptors (Lipinski definition) is 3. The number of carbonyl (C=O) groups excluding carboxylic acids is 1. The summed E-state index contributed by atoms with van der Waals surface area (Å²) in [6, 6.07) is 16.1. The summed E-state index contributed by atoms with van der Waals surface area (Å²) in [5.41, 5.74) is 7.10. The third-order valence-corrected chi connectivity index (χ3v) is 3.00. The van der Waals surface area contributed by atoms with Crippen LogP contribution < -0.4 is 5.73 Å². The Labute approximate surface area is 118 Å². The number of hydrogen-bond donors (Lipinski definition) is 2. The summed E-state index contributed by atoms with van der Waals surface area (Å²) < 4.78 is 0. The second-order valence-electron chi connectivity index (χ2n) is 4.55. The van der Waals surface area contributed by atoms with Crippen LogP contribution in [0.3, 0.4) is 0 Å². The van der Waals surface area contributed by atoms with Crippen LogP contribution in [0.15, 0.2) is 54.6 Å². The lowest BCUT2D eigenvalue weighted by Crippen LogP contribution is -2.34. The first-order valence-corrected chi connectivity index (χ1v) is 6.53. The predicted octanol–water partition coefficient (Wildman–Crippen LogP) is 1.99. The molecule has 0 spiro atoms. The minimum absolute atomic E-state index is 0.0864. The summed E-state index contributed by atoms with van der Waals surface area (Å²) >= 11 is 0. The number of aromatic hydroxyl groups is 1. The molecule has 0 fully saturated rings. The van der Waals surface area contributed by atoms with Gasteiger partial charge in [-0.15, -0.1) is 0 Å². The van der Waals surface area contributed by atoms with Crippen molar-refractivity contribution in [2.45, 2.75) is 6.54 Å². The van der Waals surface area contributed by atoms with Gasteiger partial charge in [-0.2, -0.15) is 0 Å². The van der Waals surface area contributed by atoms with E-state index in [0.717, 1.165) is 5.56 Å². The normalized spacial score (nSPS) is 10.2. The van der Waals surface area contributed by atoms with E-state index >= 15 is 0 Å². The van der Waals surface area contributed by atoms with Crippen molar-refractivity contribution < 1.29 is 9.90 Å². The number of phenolic OH excluding ortho intramolecular Hbond substituents is 1. The number of phenols is 1. The van der Waals surface area contributed by atoms with E-state index in [-0.39, 0.29) is 11.7 Å². The Hall–Kier alpha value is -2.33. The fraction of sp³-hybridized carbons (Fsp3) is 0.188. The Bertz CT molecular complexity index is 570. The molecule has 20 heavy (non-hydrogen) atoms. The van der Waals surface area contributed by atoms with E-state index < -0.39 is 0 Å². The van der Waals surface area contributed by atoms with Gasteiger partial charge >= 0.3 is 0 Å². The highest BCUT2D eigenvalue weighted by Crippen LogP contribution is 2.14. The smallest absolute Gasteiger partial charge is 0.254 e. The molecule has 104 valence electrons. The van der Waals surface area contributed by atoms with Crippen LogP contribution in [-0.4, -0.2) is 29.0 Å². The molecule has 0 aromatic heterocycles. The van der Waals surface area contributed by atoms with Gasteiger partial charge in [0.2, 0.25) is 0 Å². The lowest BCUT2D eigenvalue weighted by Gasteiger charge is -2.22. The van der Waals surface area contributed by atoms with Crippen molar-refractivity contribution in [3.05, 3.63) is 65.7 Å². The maximum Gasteiger partial charge on any atom is 0.254 e. The molecule has 2 aromatic carbocycles. The van der Waals surface area contributed by atoms with Crippen LogP contribution >= 0.6 is 0 Å². The zero-order valence-electron chi connectivity index (χ0n) is 11.2. The second kappa shape index (κ2) is 6.73. The van der Waals surface area contributed by atoms with Crippen LogP contribution in [0, 0.1) is 0 Å². The van der Waals surface area contributed by atoms with Crippen molar-refractivity contribution in [1.82, 2.24) is 4.90 Å². The summed E-state index contributed by atoms with van der Waals surface area (Å²) in [5, 5.41) is 9.47. The van der Waals surface area contributed by atoms with E-state index in [0.29, 0.717) is 25.2 Å². The Morgan fingerprint density at radius 2 is 1.85 bits per heavy atom. The Balaban J connectivity index is 2.18. The van der Waals surface area contributed by atoms with Gasteiger partial charge < -0.3 is 15.7 Å². The van der Waals surface area contributed by atoms with Gasteiger partial charge in [0, 0.05) is 25.2 Å². The average molecular weight is 270 g/mol. The lowest BCUT2D eigenvalue weighted by molar-refractivity contribution is 0.0748. The molecule has 2 aromatic rings. The summed E-state index contributed by atoms with van der Waals surface area (Å²) in [5.74, 6) is -0.0431. The number of rotatable bonds is 5. The van der Waals surface area contributed by atoms with Gasteiger partial charge in [-0.1, -0.05) is 36.4 Å². The Morgan fingerprint density at radius 3 is 2.50 bits per heavy atom. The molecular weight excluding hydrogens is 252 g/mol. The second-order valence-corrected chi connectivity index (χ2v) is 4.55.